The highest BCUT2D eigenvalue weighted by atomic mass is 19.4. The Kier molecular flexibility index (Phi) is 3.19. The van der Waals surface area contributed by atoms with E-state index >= 15 is 0 Å². The summed E-state index contributed by atoms with van der Waals surface area (Å²) in [7, 11) is 0. The molecule has 1 aromatic rings. The fourth-order valence-electron chi connectivity index (χ4n) is 1.32. The number of benzene rings is 1. The van der Waals surface area contributed by atoms with Gasteiger partial charge in [0.05, 0.1) is 0 Å². The Morgan fingerprint density at radius 2 is 1.73 bits per heavy atom. The molecule has 0 fully saturated rings. The molecule has 15 heavy (non-hydrogen) atoms. The van der Waals surface area contributed by atoms with Gasteiger partial charge in [0.25, 0.3) is 0 Å². The van der Waals surface area contributed by atoms with E-state index < -0.39 is 18.2 Å². The van der Waals surface area contributed by atoms with Gasteiger partial charge in [0.1, 0.15) is 0 Å². The van der Waals surface area contributed by atoms with Crippen LogP contribution in [0, 0.1) is 0 Å². The van der Waals surface area contributed by atoms with Crippen molar-refractivity contribution in [3.05, 3.63) is 48.6 Å². The van der Waals surface area contributed by atoms with Gasteiger partial charge in [-0.3, -0.25) is 0 Å². The van der Waals surface area contributed by atoms with Gasteiger partial charge in [-0.1, -0.05) is 36.4 Å². The first-order chi connectivity index (χ1) is 6.92. The predicted octanol–water partition coefficient (Wildman–Crippen LogP) is 3.01. The molecule has 4 heteroatoms. The van der Waals surface area contributed by atoms with Crippen molar-refractivity contribution in [2.24, 2.45) is 0 Å². The SMILES string of the molecule is C=CC[C@@](O)(c1ccccc1)C(F)(F)F. The van der Waals surface area contributed by atoms with Crippen LogP contribution in [0.25, 0.3) is 0 Å². The van der Waals surface area contributed by atoms with Gasteiger partial charge in [-0.05, 0) is 5.56 Å². The molecule has 82 valence electrons. The summed E-state index contributed by atoms with van der Waals surface area (Å²) >= 11 is 0. The molecular weight excluding hydrogens is 205 g/mol. The van der Waals surface area contributed by atoms with E-state index in [-0.39, 0.29) is 5.56 Å². The summed E-state index contributed by atoms with van der Waals surface area (Å²) in [6.07, 6.45) is -4.20. The average Bonchev–Trinajstić information content (AvgIpc) is 2.18. The second-order valence-electron chi connectivity index (χ2n) is 3.22. The zero-order chi connectivity index (χ0) is 11.5. The van der Waals surface area contributed by atoms with Crippen molar-refractivity contribution >= 4 is 0 Å². The van der Waals surface area contributed by atoms with Gasteiger partial charge in [-0.15, -0.1) is 6.58 Å². The molecule has 1 rings (SSSR count). The van der Waals surface area contributed by atoms with E-state index in [0.29, 0.717) is 0 Å². The lowest BCUT2D eigenvalue weighted by Crippen LogP contribution is -2.41. The Morgan fingerprint density at radius 1 is 1.20 bits per heavy atom. The van der Waals surface area contributed by atoms with Crippen LogP contribution >= 0.6 is 0 Å². The Balaban J connectivity index is 3.18. The minimum absolute atomic E-state index is 0.169. The molecule has 1 N–H and O–H groups in total. The van der Waals surface area contributed by atoms with E-state index in [1.807, 2.05) is 0 Å². The van der Waals surface area contributed by atoms with Crippen LogP contribution in [0.5, 0.6) is 0 Å². The van der Waals surface area contributed by atoms with Crippen LogP contribution in [0.1, 0.15) is 12.0 Å². The minimum atomic E-state index is -4.71. The first-order valence-electron chi connectivity index (χ1n) is 4.37. The number of halogens is 3. The van der Waals surface area contributed by atoms with Crippen LogP contribution in [0.15, 0.2) is 43.0 Å². The summed E-state index contributed by atoms with van der Waals surface area (Å²) in [6, 6.07) is 6.99. The number of aliphatic hydroxyl groups is 1. The summed E-state index contributed by atoms with van der Waals surface area (Å²) < 4.78 is 38.0. The molecule has 1 aromatic carbocycles. The number of alkyl halides is 3. The molecule has 0 bridgehead atoms. The summed E-state index contributed by atoms with van der Waals surface area (Å²) in [5.41, 5.74) is -3.01. The van der Waals surface area contributed by atoms with Gasteiger partial charge in [-0.25, -0.2) is 0 Å². The van der Waals surface area contributed by atoms with Gasteiger partial charge in [0, 0.05) is 6.42 Å². The third-order valence-electron chi connectivity index (χ3n) is 2.16. The summed E-state index contributed by atoms with van der Waals surface area (Å²) in [4.78, 5) is 0. The van der Waals surface area contributed by atoms with E-state index in [0.717, 1.165) is 6.08 Å². The van der Waals surface area contributed by atoms with E-state index in [1.54, 1.807) is 6.07 Å². The maximum absolute atomic E-state index is 12.7. The smallest absolute Gasteiger partial charge is 0.376 e. The first kappa shape index (κ1) is 11.8. The van der Waals surface area contributed by atoms with Crippen LogP contribution in [0.2, 0.25) is 0 Å². The minimum Gasteiger partial charge on any atom is -0.376 e. The van der Waals surface area contributed by atoms with Crippen molar-refractivity contribution in [3.63, 3.8) is 0 Å². The lowest BCUT2D eigenvalue weighted by molar-refractivity contribution is -0.265. The molecule has 0 heterocycles. The summed E-state index contributed by atoms with van der Waals surface area (Å²) in [5.74, 6) is 0. The Labute approximate surface area is 85.9 Å². The van der Waals surface area contributed by atoms with Crippen LogP contribution in [-0.2, 0) is 5.60 Å². The molecule has 0 spiro atoms. The Morgan fingerprint density at radius 3 is 2.13 bits per heavy atom. The lowest BCUT2D eigenvalue weighted by Gasteiger charge is -2.29. The molecule has 0 radical (unpaired) electrons. The van der Waals surface area contributed by atoms with Crippen molar-refractivity contribution in [1.29, 1.82) is 0 Å². The molecule has 0 aliphatic carbocycles. The highest BCUT2D eigenvalue weighted by molar-refractivity contribution is 5.25. The largest absolute Gasteiger partial charge is 0.421 e. The van der Waals surface area contributed by atoms with Gasteiger partial charge in [0.2, 0.25) is 0 Å². The molecular formula is C11H11F3O. The van der Waals surface area contributed by atoms with Crippen molar-refractivity contribution in [3.8, 4) is 0 Å². The standard InChI is InChI=1S/C11H11F3O/c1-2-8-10(15,11(12,13)14)9-6-4-3-5-7-9/h2-7,15H,1,8H2/t10-/m1/s1. The molecule has 0 aromatic heterocycles. The van der Waals surface area contributed by atoms with Gasteiger partial charge in [0.15, 0.2) is 5.60 Å². The quantitative estimate of drug-likeness (QED) is 0.770. The number of hydrogen-bond acceptors (Lipinski definition) is 1. The molecule has 1 atom stereocenters. The summed E-state index contributed by atoms with van der Waals surface area (Å²) in [6.45, 7) is 3.22. The zero-order valence-corrected chi connectivity index (χ0v) is 7.96. The normalized spacial score (nSPS) is 15.7. The molecule has 0 unspecified atom stereocenters. The monoisotopic (exact) mass is 216 g/mol. The van der Waals surface area contributed by atoms with Gasteiger partial charge in [-0.2, -0.15) is 13.2 Å². The third kappa shape index (κ3) is 2.21. The third-order valence-corrected chi connectivity index (χ3v) is 2.16. The predicted molar refractivity (Wildman–Crippen MR) is 51.2 cm³/mol. The first-order valence-corrected chi connectivity index (χ1v) is 4.37. The van der Waals surface area contributed by atoms with Gasteiger partial charge >= 0.3 is 6.18 Å². The maximum atomic E-state index is 12.7. The van der Waals surface area contributed by atoms with Crippen molar-refractivity contribution < 1.29 is 18.3 Å². The van der Waals surface area contributed by atoms with Crippen molar-refractivity contribution in [2.45, 2.75) is 18.2 Å². The molecule has 0 aliphatic rings. The van der Waals surface area contributed by atoms with Crippen LogP contribution < -0.4 is 0 Å². The Bertz CT molecular complexity index is 331. The fraction of sp³-hybridized carbons (Fsp3) is 0.273. The molecule has 0 aliphatic heterocycles. The molecule has 1 nitrogen and oxygen atoms in total. The lowest BCUT2D eigenvalue weighted by atomic mass is 9.90. The number of hydrogen-bond donors (Lipinski definition) is 1. The Hall–Kier alpha value is -1.29. The maximum Gasteiger partial charge on any atom is 0.421 e. The fourth-order valence-corrected chi connectivity index (χ4v) is 1.32. The van der Waals surface area contributed by atoms with E-state index in [1.165, 1.54) is 24.3 Å². The highest BCUT2D eigenvalue weighted by Crippen LogP contribution is 2.41. The molecule has 0 amide bonds. The van der Waals surface area contributed by atoms with Crippen LogP contribution in [0.3, 0.4) is 0 Å². The van der Waals surface area contributed by atoms with Crippen LogP contribution in [0.4, 0.5) is 13.2 Å². The topological polar surface area (TPSA) is 20.2 Å². The number of rotatable bonds is 3. The van der Waals surface area contributed by atoms with E-state index in [9.17, 15) is 18.3 Å². The highest BCUT2D eigenvalue weighted by Gasteiger charge is 2.53. The second-order valence-corrected chi connectivity index (χ2v) is 3.22. The van der Waals surface area contributed by atoms with Crippen LogP contribution in [-0.4, -0.2) is 11.3 Å². The molecule has 0 saturated heterocycles. The van der Waals surface area contributed by atoms with Crippen molar-refractivity contribution in [2.75, 3.05) is 0 Å². The average molecular weight is 216 g/mol. The van der Waals surface area contributed by atoms with Gasteiger partial charge < -0.3 is 5.11 Å². The molecule has 0 saturated carbocycles. The van der Waals surface area contributed by atoms with E-state index in [2.05, 4.69) is 6.58 Å². The van der Waals surface area contributed by atoms with Crippen molar-refractivity contribution in [1.82, 2.24) is 0 Å². The van der Waals surface area contributed by atoms with E-state index in [4.69, 9.17) is 0 Å². The zero-order valence-electron chi connectivity index (χ0n) is 7.96. The summed E-state index contributed by atoms with van der Waals surface area (Å²) in [5, 5.41) is 9.62. The second kappa shape index (κ2) is 4.06.